The van der Waals surface area contributed by atoms with Gasteiger partial charge < -0.3 is 20.1 Å². The molecule has 1 heterocycles. The summed E-state index contributed by atoms with van der Waals surface area (Å²) in [7, 11) is 0. The topological polar surface area (TPSA) is 95.9 Å². The molecule has 0 radical (unpaired) electrons. The van der Waals surface area contributed by atoms with Crippen molar-refractivity contribution in [1.82, 2.24) is 10.2 Å². The number of benzene rings is 2. The predicted octanol–water partition coefficient (Wildman–Crippen LogP) is 4.16. The fourth-order valence-corrected chi connectivity index (χ4v) is 5.93. The van der Waals surface area contributed by atoms with Gasteiger partial charge in [0.05, 0.1) is 0 Å². The lowest BCUT2D eigenvalue weighted by atomic mass is 9.98. The summed E-state index contributed by atoms with van der Waals surface area (Å²) in [6, 6.07) is 15.6. The molecule has 1 aliphatic heterocycles. The first-order valence-corrected chi connectivity index (χ1v) is 12.2. The zero-order valence-electron chi connectivity index (χ0n) is 19.1. The number of carbonyl (C=O) groups is 3. The smallest absolute Gasteiger partial charge is 0.407 e. The normalized spacial score (nSPS) is 23.4. The van der Waals surface area contributed by atoms with Crippen LogP contribution in [-0.2, 0) is 14.3 Å². The van der Waals surface area contributed by atoms with Crippen LogP contribution in [0.2, 0.25) is 0 Å². The fraction of sp³-hybridized carbons (Fsp3) is 0.444. The van der Waals surface area contributed by atoms with Crippen LogP contribution in [0.5, 0.6) is 0 Å². The number of carboxylic acid groups (broad SMARTS) is 1. The number of nitrogens with zero attached hydrogens (tertiary/aromatic N) is 1. The van der Waals surface area contributed by atoms with Gasteiger partial charge >= 0.3 is 12.1 Å². The molecule has 2 aliphatic carbocycles. The van der Waals surface area contributed by atoms with Crippen LogP contribution in [0.4, 0.5) is 4.79 Å². The van der Waals surface area contributed by atoms with Gasteiger partial charge in [-0.1, -0.05) is 55.0 Å². The number of hydrogen-bond acceptors (Lipinski definition) is 4. The molecule has 0 spiro atoms. The minimum Gasteiger partial charge on any atom is -0.480 e. The Morgan fingerprint density at radius 3 is 2.29 bits per heavy atom. The van der Waals surface area contributed by atoms with Crippen molar-refractivity contribution < 1.29 is 24.2 Å². The Hall–Kier alpha value is -3.35. The first kappa shape index (κ1) is 22.4. The molecule has 7 nitrogen and oxygen atoms in total. The highest BCUT2D eigenvalue weighted by molar-refractivity contribution is 5.84. The maximum Gasteiger partial charge on any atom is 0.407 e. The highest BCUT2D eigenvalue weighted by atomic mass is 16.5. The van der Waals surface area contributed by atoms with Crippen LogP contribution in [-0.4, -0.2) is 53.2 Å². The number of likely N-dealkylation sites (tertiary alicyclic amines) is 1. The van der Waals surface area contributed by atoms with Gasteiger partial charge in [-0.25, -0.2) is 9.59 Å². The molecule has 3 aliphatic rings. The molecule has 3 atom stereocenters. The largest absolute Gasteiger partial charge is 0.480 e. The van der Waals surface area contributed by atoms with Gasteiger partial charge in [-0.05, 0) is 53.9 Å². The number of hydrogen-bond donors (Lipinski definition) is 2. The van der Waals surface area contributed by atoms with E-state index in [0.29, 0.717) is 13.0 Å². The van der Waals surface area contributed by atoms with Gasteiger partial charge in [-0.3, -0.25) is 4.79 Å². The van der Waals surface area contributed by atoms with E-state index < -0.39 is 18.1 Å². The summed E-state index contributed by atoms with van der Waals surface area (Å²) >= 11 is 0. The molecular weight excluding hydrogens is 432 g/mol. The van der Waals surface area contributed by atoms with E-state index in [4.69, 9.17) is 4.74 Å². The van der Waals surface area contributed by atoms with Crippen molar-refractivity contribution in [3.8, 4) is 11.1 Å². The average molecular weight is 463 g/mol. The fourth-order valence-electron chi connectivity index (χ4n) is 5.93. The van der Waals surface area contributed by atoms with Gasteiger partial charge in [0, 0.05) is 24.9 Å². The van der Waals surface area contributed by atoms with Crippen LogP contribution in [0.3, 0.4) is 0 Å². The minimum atomic E-state index is -0.939. The van der Waals surface area contributed by atoms with E-state index in [2.05, 4.69) is 29.6 Å². The van der Waals surface area contributed by atoms with Gasteiger partial charge in [0.15, 0.2) is 0 Å². The van der Waals surface area contributed by atoms with Crippen LogP contribution in [0.1, 0.15) is 55.6 Å². The molecule has 34 heavy (non-hydrogen) atoms. The van der Waals surface area contributed by atoms with E-state index in [1.807, 2.05) is 24.3 Å². The summed E-state index contributed by atoms with van der Waals surface area (Å²) in [4.78, 5) is 38.4. The van der Waals surface area contributed by atoms with Crippen LogP contribution in [0, 0.1) is 5.92 Å². The van der Waals surface area contributed by atoms with Gasteiger partial charge in [0.1, 0.15) is 12.6 Å². The quantitative estimate of drug-likeness (QED) is 0.672. The van der Waals surface area contributed by atoms with E-state index in [9.17, 15) is 19.5 Å². The third kappa shape index (κ3) is 4.27. The second kappa shape index (κ2) is 9.49. The second-order valence-electron chi connectivity index (χ2n) is 9.55. The van der Waals surface area contributed by atoms with Crippen LogP contribution >= 0.6 is 0 Å². The second-order valence-corrected chi connectivity index (χ2v) is 9.55. The van der Waals surface area contributed by atoms with Crippen molar-refractivity contribution in [3.05, 3.63) is 59.7 Å². The summed E-state index contributed by atoms with van der Waals surface area (Å²) in [5, 5.41) is 12.4. The van der Waals surface area contributed by atoms with Crippen molar-refractivity contribution in [1.29, 1.82) is 0 Å². The van der Waals surface area contributed by atoms with Crippen LogP contribution in [0.15, 0.2) is 48.5 Å². The summed E-state index contributed by atoms with van der Waals surface area (Å²) in [5.74, 6) is -1.06. The molecule has 0 aromatic heterocycles. The SMILES string of the molecule is O=C(N[C@@H]1CCC[C@H]1CC(=O)N1CCC[C@H]1C(=O)O)OCC1c2ccccc2-c2ccccc21. The Kier molecular flexibility index (Phi) is 6.26. The molecule has 2 aromatic rings. The number of ether oxygens (including phenoxy) is 1. The number of alkyl carbamates (subject to hydrolysis) is 1. The maximum absolute atomic E-state index is 12.8. The lowest BCUT2D eigenvalue weighted by Crippen LogP contribution is -2.43. The lowest BCUT2D eigenvalue weighted by Gasteiger charge is -2.26. The summed E-state index contributed by atoms with van der Waals surface area (Å²) in [6.45, 7) is 0.747. The first-order valence-electron chi connectivity index (χ1n) is 12.2. The van der Waals surface area contributed by atoms with Gasteiger partial charge in [0.2, 0.25) is 5.91 Å². The van der Waals surface area contributed by atoms with Crippen molar-refractivity contribution in [2.24, 2.45) is 5.92 Å². The Balaban J connectivity index is 1.18. The highest BCUT2D eigenvalue weighted by Crippen LogP contribution is 2.44. The maximum atomic E-state index is 12.8. The Bertz CT molecular complexity index is 1050. The standard InChI is InChI=1S/C27H30N2O5/c30-25(29-14-6-13-24(29)26(31)32)15-17-7-5-12-23(17)28-27(33)34-16-22-20-10-3-1-8-18(20)19-9-2-4-11-21(19)22/h1-4,8-11,17,22-24H,5-7,12-16H2,(H,28,33)(H,31,32)/t17-,23+,24-/m0/s1. The molecule has 2 amide bonds. The van der Waals surface area contributed by atoms with E-state index in [1.165, 1.54) is 27.2 Å². The Labute approximate surface area is 199 Å². The molecule has 1 saturated carbocycles. The number of rotatable bonds is 6. The zero-order valence-corrected chi connectivity index (χ0v) is 19.1. The Morgan fingerprint density at radius 2 is 1.62 bits per heavy atom. The number of carbonyl (C=O) groups excluding carboxylic acids is 2. The molecule has 1 saturated heterocycles. The number of carboxylic acids is 1. The van der Waals surface area contributed by atoms with Crippen molar-refractivity contribution in [2.75, 3.05) is 13.2 Å². The molecule has 2 fully saturated rings. The van der Waals surface area contributed by atoms with Crippen LogP contribution < -0.4 is 5.32 Å². The van der Waals surface area contributed by atoms with Gasteiger partial charge in [0.25, 0.3) is 0 Å². The molecule has 0 unspecified atom stereocenters. The third-order valence-corrected chi connectivity index (χ3v) is 7.60. The number of amides is 2. The first-order chi connectivity index (χ1) is 16.5. The molecule has 178 valence electrons. The zero-order chi connectivity index (χ0) is 23.7. The van der Waals surface area contributed by atoms with Crippen LogP contribution in [0.25, 0.3) is 11.1 Å². The van der Waals surface area contributed by atoms with E-state index in [0.717, 1.165) is 25.7 Å². The molecular formula is C27H30N2O5. The van der Waals surface area contributed by atoms with E-state index in [1.54, 1.807) is 0 Å². The van der Waals surface area contributed by atoms with Crippen molar-refractivity contribution in [2.45, 2.75) is 56.5 Å². The summed E-state index contributed by atoms with van der Waals surface area (Å²) < 4.78 is 5.68. The van der Waals surface area contributed by atoms with Crippen molar-refractivity contribution >= 4 is 18.0 Å². The minimum absolute atomic E-state index is 0.00206. The lowest BCUT2D eigenvalue weighted by molar-refractivity contribution is -0.148. The average Bonchev–Trinajstić information content (AvgIpc) is 3.56. The van der Waals surface area contributed by atoms with Crippen molar-refractivity contribution in [3.63, 3.8) is 0 Å². The summed E-state index contributed by atoms with van der Waals surface area (Å²) in [5.41, 5.74) is 4.70. The molecule has 0 bridgehead atoms. The highest BCUT2D eigenvalue weighted by Gasteiger charge is 2.37. The predicted molar refractivity (Wildman–Crippen MR) is 126 cm³/mol. The number of aliphatic carboxylic acids is 1. The molecule has 2 N–H and O–H groups in total. The Morgan fingerprint density at radius 1 is 0.941 bits per heavy atom. The van der Waals surface area contributed by atoms with Gasteiger partial charge in [-0.2, -0.15) is 0 Å². The molecule has 7 heteroatoms. The monoisotopic (exact) mass is 462 g/mol. The molecule has 5 rings (SSSR count). The van der Waals surface area contributed by atoms with E-state index in [-0.39, 0.29) is 36.8 Å². The summed E-state index contributed by atoms with van der Waals surface area (Å²) in [6.07, 6.45) is 3.58. The third-order valence-electron chi connectivity index (χ3n) is 7.60. The van der Waals surface area contributed by atoms with E-state index >= 15 is 0 Å². The number of fused-ring (bicyclic) bond motifs is 3. The number of nitrogens with one attached hydrogen (secondary N) is 1. The molecule has 2 aromatic carbocycles. The van der Waals surface area contributed by atoms with Gasteiger partial charge in [-0.15, -0.1) is 0 Å².